The first kappa shape index (κ1) is 18.6. The number of hydrogen-bond donors (Lipinski definition) is 0. The average molecular weight is 406 g/mol. The third-order valence-corrected chi connectivity index (χ3v) is 7.90. The molecule has 3 saturated heterocycles. The standard InChI is InChI=1S/C22H30O7/c23-21(25-9-11-1-5-15-17(7-11)27-15)13-3-4-14(20-19(13)29-20)22(24)26-10-12-2-6-16-18(8-12)28-16/h11-20H,1-10H2. The molecule has 10 unspecified atom stereocenters. The Labute approximate surface area is 170 Å². The highest BCUT2D eigenvalue weighted by Gasteiger charge is 2.58. The van der Waals surface area contributed by atoms with Crippen LogP contribution in [0.1, 0.15) is 51.4 Å². The number of hydrogen-bond acceptors (Lipinski definition) is 7. The van der Waals surface area contributed by atoms with Gasteiger partial charge in [0.15, 0.2) is 0 Å². The van der Waals surface area contributed by atoms with Gasteiger partial charge in [0.25, 0.3) is 0 Å². The Morgan fingerprint density at radius 2 is 1.10 bits per heavy atom. The highest BCUT2D eigenvalue weighted by atomic mass is 16.6. The molecule has 0 bridgehead atoms. The first-order chi connectivity index (χ1) is 14.2. The lowest BCUT2D eigenvalue weighted by Crippen LogP contribution is -2.36. The predicted octanol–water partition coefficient (Wildman–Crippen LogP) is 2.00. The van der Waals surface area contributed by atoms with Crippen molar-refractivity contribution in [1.29, 1.82) is 0 Å². The van der Waals surface area contributed by atoms with Gasteiger partial charge in [0.2, 0.25) is 0 Å². The number of carbonyl (C=O) groups is 2. The summed E-state index contributed by atoms with van der Waals surface area (Å²) in [6.07, 6.45) is 9.00. The summed E-state index contributed by atoms with van der Waals surface area (Å²) < 4.78 is 28.1. The molecule has 160 valence electrons. The minimum atomic E-state index is -0.236. The molecule has 6 aliphatic rings. The lowest BCUT2D eigenvalue weighted by atomic mass is 9.82. The van der Waals surface area contributed by atoms with E-state index >= 15 is 0 Å². The molecule has 3 saturated carbocycles. The first-order valence-corrected chi connectivity index (χ1v) is 11.5. The van der Waals surface area contributed by atoms with Crippen LogP contribution in [0.2, 0.25) is 0 Å². The van der Waals surface area contributed by atoms with Crippen molar-refractivity contribution in [3.8, 4) is 0 Å². The summed E-state index contributed by atoms with van der Waals surface area (Å²) in [5.74, 6) is 0.0375. The summed E-state index contributed by atoms with van der Waals surface area (Å²) in [6.45, 7) is 0.968. The fourth-order valence-electron chi connectivity index (χ4n) is 5.87. The SMILES string of the molecule is O=C(OCC1CCC2OC2C1)C1CCC(C(=O)OCC2CCC3OC3C2)C2OC12. The van der Waals surface area contributed by atoms with Gasteiger partial charge in [-0.1, -0.05) is 0 Å². The summed E-state index contributed by atoms with van der Waals surface area (Å²) in [6, 6.07) is 0. The number of epoxide rings is 3. The largest absolute Gasteiger partial charge is 0.465 e. The Balaban J connectivity index is 0.937. The molecule has 7 heteroatoms. The highest BCUT2D eigenvalue weighted by Crippen LogP contribution is 2.46. The topological polar surface area (TPSA) is 90.2 Å². The van der Waals surface area contributed by atoms with Crippen LogP contribution in [0, 0.1) is 23.7 Å². The van der Waals surface area contributed by atoms with E-state index in [9.17, 15) is 9.59 Å². The van der Waals surface area contributed by atoms with Crippen LogP contribution >= 0.6 is 0 Å². The van der Waals surface area contributed by atoms with Crippen molar-refractivity contribution in [1.82, 2.24) is 0 Å². The minimum Gasteiger partial charge on any atom is -0.465 e. The lowest BCUT2D eigenvalue weighted by Gasteiger charge is -2.25. The molecular formula is C22H30O7. The van der Waals surface area contributed by atoms with Gasteiger partial charge in [-0.25, -0.2) is 0 Å². The second-order valence-electron chi connectivity index (χ2n) is 9.90. The normalized spacial score (nSPS) is 49.1. The van der Waals surface area contributed by atoms with Gasteiger partial charge in [0.05, 0.1) is 61.7 Å². The minimum absolute atomic E-state index is 0.163. The molecular weight excluding hydrogens is 376 g/mol. The van der Waals surface area contributed by atoms with E-state index in [4.69, 9.17) is 23.7 Å². The van der Waals surface area contributed by atoms with E-state index in [1.165, 1.54) is 0 Å². The Hall–Kier alpha value is -1.18. The molecule has 3 aliphatic heterocycles. The van der Waals surface area contributed by atoms with Gasteiger partial charge in [-0.05, 0) is 63.2 Å². The first-order valence-electron chi connectivity index (χ1n) is 11.5. The fraction of sp³-hybridized carbons (Fsp3) is 0.909. The molecule has 0 aromatic rings. The molecule has 0 radical (unpaired) electrons. The second kappa shape index (κ2) is 7.20. The molecule has 0 aromatic carbocycles. The van der Waals surface area contributed by atoms with Crippen molar-refractivity contribution in [2.75, 3.05) is 13.2 Å². The predicted molar refractivity (Wildman–Crippen MR) is 98.8 cm³/mol. The van der Waals surface area contributed by atoms with Crippen LogP contribution in [0.4, 0.5) is 0 Å². The second-order valence-corrected chi connectivity index (χ2v) is 9.90. The zero-order valence-corrected chi connectivity index (χ0v) is 16.7. The van der Waals surface area contributed by atoms with Gasteiger partial charge in [0.1, 0.15) is 0 Å². The molecule has 6 rings (SSSR count). The third-order valence-electron chi connectivity index (χ3n) is 7.90. The van der Waals surface area contributed by atoms with Crippen LogP contribution in [-0.2, 0) is 33.3 Å². The molecule has 0 aromatic heterocycles. The van der Waals surface area contributed by atoms with E-state index in [-0.39, 0.29) is 36.0 Å². The number of fused-ring (bicyclic) bond motifs is 3. The van der Waals surface area contributed by atoms with Crippen molar-refractivity contribution in [2.24, 2.45) is 23.7 Å². The van der Waals surface area contributed by atoms with Crippen molar-refractivity contribution >= 4 is 11.9 Å². The Kier molecular flexibility index (Phi) is 4.61. The van der Waals surface area contributed by atoms with E-state index in [1.807, 2.05) is 0 Å². The third kappa shape index (κ3) is 3.81. The Morgan fingerprint density at radius 1 is 0.621 bits per heavy atom. The lowest BCUT2D eigenvalue weighted by molar-refractivity contribution is -0.155. The Bertz CT molecular complexity index is 624. The van der Waals surface area contributed by atoms with Crippen LogP contribution in [0.25, 0.3) is 0 Å². The van der Waals surface area contributed by atoms with Gasteiger partial charge in [-0.15, -0.1) is 0 Å². The van der Waals surface area contributed by atoms with E-state index in [0.717, 1.165) is 38.5 Å². The monoisotopic (exact) mass is 406 g/mol. The summed E-state index contributed by atoms with van der Waals surface area (Å²) >= 11 is 0. The molecule has 3 heterocycles. The van der Waals surface area contributed by atoms with Crippen LogP contribution in [0.15, 0.2) is 0 Å². The molecule has 29 heavy (non-hydrogen) atoms. The van der Waals surface area contributed by atoms with Gasteiger partial charge < -0.3 is 23.7 Å². The molecule has 6 fully saturated rings. The van der Waals surface area contributed by atoms with Crippen molar-refractivity contribution in [3.63, 3.8) is 0 Å². The van der Waals surface area contributed by atoms with Crippen molar-refractivity contribution in [2.45, 2.75) is 88.0 Å². The zero-order valence-electron chi connectivity index (χ0n) is 16.7. The molecule has 3 aliphatic carbocycles. The molecule has 0 amide bonds. The van der Waals surface area contributed by atoms with Gasteiger partial charge in [-0.2, -0.15) is 0 Å². The van der Waals surface area contributed by atoms with Crippen LogP contribution in [0.5, 0.6) is 0 Å². The van der Waals surface area contributed by atoms with E-state index in [0.29, 0.717) is 62.3 Å². The molecule has 0 N–H and O–H groups in total. The smallest absolute Gasteiger partial charge is 0.311 e. The number of ether oxygens (including phenoxy) is 5. The number of esters is 2. The Morgan fingerprint density at radius 3 is 1.55 bits per heavy atom. The summed E-state index contributed by atoms with van der Waals surface area (Å²) in [4.78, 5) is 25.1. The summed E-state index contributed by atoms with van der Waals surface area (Å²) in [7, 11) is 0. The maximum absolute atomic E-state index is 12.6. The molecule has 10 atom stereocenters. The van der Waals surface area contributed by atoms with Gasteiger partial charge >= 0.3 is 11.9 Å². The fourth-order valence-corrected chi connectivity index (χ4v) is 5.87. The van der Waals surface area contributed by atoms with E-state index < -0.39 is 0 Å². The van der Waals surface area contributed by atoms with Crippen molar-refractivity contribution < 1.29 is 33.3 Å². The maximum Gasteiger partial charge on any atom is 0.311 e. The van der Waals surface area contributed by atoms with Gasteiger partial charge in [-0.3, -0.25) is 9.59 Å². The van der Waals surface area contributed by atoms with Crippen molar-refractivity contribution in [3.05, 3.63) is 0 Å². The quantitative estimate of drug-likeness (QED) is 0.492. The zero-order chi connectivity index (χ0) is 19.5. The molecule has 7 nitrogen and oxygen atoms in total. The van der Waals surface area contributed by atoms with E-state index in [1.54, 1.807) is 0 Å². The van der Waals surface area contributed by atoms with Gasteiger partial charge in [0, 0.05) is 0 Å². The summed E-state index contributed by atoms with van der Waals surface area (Å²) in [5, 5.41) is 0. The van der Waals surface area contributed by atoms with Crippen LogP contribution < -0.4 is 0 Å². The average Bonchev–Trinajstić information content (AvgIpc) is 3.60. The van der Waals surface area contributed by atoms with Crippen LogP contribution in [-0.4, -0.2) is 61.8 Å². The number of rotatable bonds is 6. The molecule has 0 spiro atoms. The maximum atomic E-state index is 12.6. The van der Waals surface area contributed by atoms with Crippen LogP contribution in [0.3, 0.4) is 0 Å². The van der Waals surface area contributed by atoms with E-state index in [2.05, 4.69) is 0 Å². The summed E-state index contributed by atoms with van der Waals surface area (Å²) in [5.41, 5.74) is 0. The number of carbonyl (C=O) groups excluding carboxylic acids is 2. The highest BCUT2D eigenvalue weighted by molar-refractivity contribution is 5.77.